The van der Waals surface area contributed by atoms with Crippen molar-refractivity contribution < 1.29 is 22.8 Å². The minimum atomic E-state index is -0.853. The predicted molar refractivity (Wildman–Crippen MR) is 312 cm³/mol. The second kappa shape index (κ2) is 21.2. The average Bonchev–Trinajstić information content (AvgIpc) is 4.14. The number of rotatable bonds is 13. The van der Waals surface area contributed by atoms with Gasteiger partial charge in [-0.1, -0.05) is 46.4 Å². The van der Waals surface area contributed by atoms with Crippen LogP contribution >= 0.6 is 46.4 Å². The van der Waals surface area contributed by atoms with E-state index in [4.69, 9.17) is 80.3 Å². The number of aryl methyl sites for hydroxylation is 4. The van der Waals surface area contributed by atoms with E-state index in [1.165, 1.54) is 19.2 Å². The molecular formula is C59H39Cl4N11O8. The van der Waals surface area contributed by atoms with Crippen LogP contribution in [0.2, 0.25) is 20.6 Å². The van der Waals surface area contributed by atoms with Gasteiger partial charge in [-0.15, -0.1) is 0 Å². The first-order valence-electron chi connectivity index (χ1n) is 25.0. The maximum Gasteiger partial charge on any atom is 0.267 e. The molecule has 6 N–H and O–H groups in total. The second-order valence-electron chi connectivity index (χ2n) is 19.1. The fraction of sp³-hybridized carbons (Fsp3) is 0.102. The Morgan fingerprint density at radius 1 is 0.512 bits per heavy atom. The summed E-state index contributed by atoms with van der Waals surface area (Å²) in [4.78, 5) is 102. The first-order chi connectivity index (χ1) is 39.4. The van der Waals surface area contributed by atoms with Crippen molar-refractivity contribution in [3.8, 4) is 67.7 Å². The van der Waals surface area contributed by atoms with Crippen LogP contribution in [0.3, 0.4) is 0 Å². The Morgan fingerprint density at radius 2 is 0.988 bits per heavy atom. The van der Waals surface area contributed by atoms with Gasteiger partial charge in [-0.05, 0) is 128 Å². The molecule has 0 aliphatic heterocycles. The number of pyridine rings is 9. The number of fused-ring (bicyclic) bond motifs is 3. The quantitative estimate of drug-likeness (QED) is 0.0671. The lowest BCUT2D eigenvalue weighted by Crippen LogP contribution is -2.21. The molecule has 19 nitrogen and oxygen atoms in total. The number of aromatic amines is 3. The monoisotopic (exact) mass is 1170 g/mol. The van der Waals surface area contributed by atoms with Gasteiger partial charge in [-0.25, -0.2) is 29.9 Å². The van der Waals surface area contributed by atoms with E-state index in [9.17, 15) is 24.0 Å². The van der Waals surface area contributed by atoms with Gasteiger partial charge < -0.3 is 39.3 Å². The number of nitrogens with two attached hydrogens (primary N) is 1. The van der Waals surface area contributed by atoms with Crippen molar-refractivity contribution in [3.05, 3.63) is 206 Å². The fourth-order valence-corrected chi connectivity index (χ4v) is 10.6. The van der Waals surface area contributed by atoms with E-state index < -0.39 is 22.7 Å². The van der Waals surface area contributed by atoms with Crippen LogP contribution in [0.4, 0.5) is 0 Å². The molecule has 0 aliphatic rings. The zero-order valence-corrected chi connectivity index (χ0v) is 46.1. The number of carbonyl (C=O) groups excluding carboxylic acids is 2. The van der Waals surface area contributed by atoms with E-state index in [1.807, 2.05) is 12.1 Å². The van der Waals surface area contributed by atoms with Crippen molar-refractivity contribution in [2.24, 2.45) is 5.73 Å². The van der Waals surface area contributed by atoms with E-state index >= 15 is 0 Å². The smallest absolute Gasteiger partial charge is 0.267 e. The van der Waals surface area contributed by atoms with Crippen LogP contribution in [-0.4, -0.2) is 63.7 Å². The van der Waals surface area contributed by atoms with Crippen molar-refractivity contribution in [3.63, 3.8) is 0 Å². The third kappa shape index (κ3) is 10.4. The molecule has 0 fully saturated rings. The predicted octanol–water partition coefficient (Wildman–Crippen LogP) is 11.4. The highest BCUT2D eigenvalue weighted by Gasteiger charge is 2.24. The highest BCUT2D eigenvalue weighted by molar-refractivity contribution is 6.30. The normalized spacial score (nSPS) is 11.5. The fourth-order valence-electron chi connectivity index (χ4n) is 9.74. The maximum absolute atomic E-state index is 13.6. The molecule has 12 rings (SSSR count). The number of furan rings is 3. The molecule has 0 saturated carbocycles. The lowest BCUT2D eigenvalue weighted by Gasteiger charge is -2.12. The third-order valence-electron chi connectivity index (χ3n) is 13.4. The van der Waals surface area contributed by atoms with Crippen molar-refractivity contribution in [2.45, 2.75) is 33.1 Å². The first kappa shape index (κ1) is 53.1. The van der Waals surface area contributed by atoms with E-state index in [0.29, 0.717) is 115 Å². The van der Waals surface area contributed by atoms with Crippen LogP contribution in [0.5, 0.6) is 0 Å². The zero-order valence-electron chi connectivity index (χ0n) is 43.1. The van der Waals surface area contributed by atoms with Gasteiger partial charge >= 0.3 is 0 Å². The van der Waals surface area contributed by atoms with Gasteiger partial charge in [0.25, 0.3) is 11.8 Å². The number of hydrogen-bond acceptors (Lipinski definition) is 14. The summed E-state index contributed by atoms with van der Waals surface area (Å²) in [6, 6.07) is 29.7. The Kier molecular flexibility index (Phi) is 13.7. The van der Waals surface area contributed by atoms with Crippen LogP contribution in [0, 0.1) is 13.8 Å². The number of halogens is 4. The molecule has 0 spiro atoms. The number of nitrogens with one attached hydrogen (secondary N) is 4. The molecule has 0 unspecified atom stereocenters. The summed E-state index contributed by atoms with van der Waals surface area (Å²) in [6.45, 7) is 3.60. The molecule has 12 aromatic rings. The lowest BCUT2D eigenvalue weighted by atomic mass is 10.00. The standard InChI is InChI=1S/C59H39Cl4N11O8/c1-25-12-27(15-48(60)66-25)34-19-39-44(77)24-51(63)71-58(39)74-53(34)47-11-8-33(82-47)18-31-14-29(17-50(62)68-31)36-21-37-42(75)22-40(55(64)78)69-56(37)73-54(36)46-10-7-32(81-46)6-5-30-13-28(16-49(61)67-30)35-20-38-43(76)23-41(59(79)65-3)70-57(38)72-52(35)45-9-4-26(2)80-45/h4,7-17,19-24H,5-6,18H2,1-3H3,(H2,64,78)(H,65,79)(H,69,73,75)(H,70,72,76)(H,71,74,77). The van der Waals surface area contributed by atoms with Crippen molar-refractivity contribution in [1.29, 1.82) is 0 Å². The minimum Gasteiger partial charge on any atom is -0.460 e. The molecule has 0 aliphatic carbocycles. The average molecular weight is 1170 g/mol. The number of aromatic nitrogens is 9. The maximum atomic E-state index is 13.6. The van der Waals surface area contributed by atoms with Crippen molar-refractivity contribution in [1.82, 2.24) is 50.2 Å². The SMILES string of the molecule is CNC(=O)c1cc(=O)c2cc(-c3cc(Cl)nc(CCc4ccc(-c5nc6[nH]c(C(N)=O)cc(=O)c6cc5-c5cc(Cl)nc(Cc6ccc(-c7nc8[nH]c(Cl)cc(=O)c8cc7-c7cc(C)nc(Cl)c7)o6)c5)o4)c3)c(-c3ccc(C)o3)nc2[nH]1. The highest BCUT2D eigenvalue weighted by Crippen LogP contribution is 2.39. The Balaban J connectivity index is 0.880. The van der Waals surface area contributed by atoms with Crippen LogP contribution in [0.15, 0.2) is 137 Å². The number of amides is 2. The number of primary amides is 1. The molecule has 0 saturated heterocycles. The summed E-state index contributed by atoms with van der Waals surface area (Å²) >= 11 is 26.2. The molecular weight excluding hydrogens is 1130 g/mol. The highest BCUT2D eigenvalue weighted by atomic mass is 35.5. The number of carbonyl (C=O) groups is 2. The van der Waals surface area contributed by atoms with Gasteiger partial charge in [0, 0.05) is 66.2 Å². The van der Waals surface area contributed by atoms with Gasteiger partial charge in [-0.2, -0.15) is 0 Å². The Labute approximate surface area is 481 Å². The number of hydrogen-bond donors (Lipinski definition) is 5. The Bertz CT molecular complexity index is 4830. The van der Waals surface area contributed by atoms with E-state index in [-0.39, 0.29) is 77.3 Å². The van der Waals surface area contributed by atoms with Crippen LogP contribution in [-0.2, 0) is 19.3 Å². The Hall–Kier alpha value is -9.53. The summed E-state index contributed by atoms with van der Waals surface area (Å²) < 4.78 is 19.0. The van der Waals surface area contributed by atoms with Gasteiger partial charge in [0.05, 0.1) is 21.9 Å². The van der Waals surface area contributed by atoms with Crippen molar-refractivity contribution >= 4 is 91.3 Å². The summed E-state index contributed by atoms with van der Waals surface area (Å²) in [7, 11) is 1.46. The number of nitrogens with zero attached hydrogens (tertiary/aromatic N) is 6. The molecule has 23 heteroatoms. The molecule has 2 amide bonds. The van der Waals surface area contributed by atoms with Gasteiger partial charge in [-0.3, -0.25) is 24.0 Å². The van der Waals surface area contributed by atoms with Crippen LogP contribution < -0.4 is 27.3 Å². The summed E-state index contributed by atoms with van der Waals surface area (Å²) in [5.41, 5.74) is 10.9. The lowest BCUT2D eigenvalue weighted by molar-refractivity contribution is 0.0956. The molecule has 12 aromatic heterocycles. The molecule has 406 valence electrons. The molecule has 0 bridgehead atoms. The summed E-state index contributed by atoms with van der Waals surface area (Å²) in [6.07, 6.45) is 0.804. The minimum absolute atomic E-state index is 0.0499. The largest absolute Gasteiger partial charge is 0.460 e. The first-order valence-corrected chi connectivity index (χ1v) is 26.6. The summed E-state index contributed by atoms with van der Waals surface area (Å²) in [5.74, 6) is 1.41. The molecule has 82 heavy (non-hydrogen) atoms. The van der Waals surface area contributed by atoms with Gasteiger partial charge in [0.15, 0.2) is 33.6 Å². The molecule has 12 heterocycles. The van der Waals surface area contributed by atoms with Gasteiger partial charge in [0.2, 0.25) is 0 Å². The molecule has 0 aromatic carbocycles. The summed E-state index contributed by atoms with van der Waals surface area (Å²) in [5, 5.41) is 3.88. The van der Waals surface area contributed by atoms with E-state index in [2.05, 4.69) is 35.2 Å². The Morgan fingerprint density at radius 3 is 1.55 bits per heavy atom. The number of H-pyrrole nitrogens is 3. The molecule has 0 atom stereocenters. The zero-order chi connectivity index (χ0) is 57.2. The topological polar surface area (TPSA) is 288 Å². The van der Waals surface area contributed by atoms with E-state index in [0.717, 1.165) is 6.07 Å². The van der Waals surface area contributed by atoms with Gasteiger partial charge in [0.1, 0.15) is 83.3 Å². The molecule has 0 radical (unpaired) electrons. The second-order valence-corrected chi connectivity index (χ2v) is 20.7. The van der Waals surface area contributed by atoms with Crippen LogP contribution in [0.1, 0.15) is 55.3 Å². The van der Waals surface area contributed by atoms with E-state index in [1.54, 1.807) is 92.7 Å². The third-order valence-corrected chi connectivity index (χ3v) is 14.2. The van der Waals surface area contributed by atoms with Crippen molar-refractivity contribution in [2.75, 3.05) is 7.05 Å². The van der Waals surface area contributed by atoms with Crippen LogP contribution in [0.25, 0.3) is 101 Å².